The van der Waals surface area contributed by atoms with Crippen LogP contribution in [-0.4, -0.2) is 32.2 Å². The molecule has 2 heterocycles. The molecular weight excluding hydrogens is 368 g/mol. The topological polar surface area (TPSA) is 108 Å². The highest BCUT2D eigenvalue weighted by Crippen LogP contribution is 2.16. The fraction of sp³-hybridized carbons (Fsp3) is 0.333. The van der Waals surface area contributed by atoms with E-state index in [0.29, 0.717) is 41.9 Å². The van der Waals surface area contributed by atoms with Crippen molar-refractivity contribution in [2.75, 3.05) is 12.3 Å². The van der Waals surface area contributed by atoms with Gasteiger partial charge >= 0.3 is 6.09 Å². The summed E-state index contributed by atoms with van der Waals surface area (Å²) in [6.07, 6.45) is 2.82. The lowest BCUT2D eigenvalue weighted by Crippen LogP contribution is -2.24. The standard InChI is InChI=1S/C18H21ClN6O2/c1-12-23-16(20)15-17(24-12)25(11-22-15)8-2-3-9-27-18(26)21-10-13-4-6-14(19)7-5-13/h4-7,11H,2-3,8-10H2,1H3,(H,21,26)(H2,20,23,24). The Morgan fingerprint density at radius 3 is 2.81 bits per heavy atom. The number of anilines is 1. The zero-order valence-corrected chi connectivity index (χ0v) is 15.7. The predicted octanol–water partition coefficient (Wildman–Crippen LogP) is 3.08. The van der Waals surface area contributed by atoms with Crippen LogP contribution in [0.5, 0.6) is 0 Å². The number of halogens is 1. The predicted molar refractivity (Wildman–Crippen MR) is 103 cm³/mol. The zero-order valence-electron chi connectivity index (χ0n) is 15.0. The largest absolute Gasteiger partial charge is 0.450 e. The van der Waals surface area contributed by atoms with E-state index >= 15 is 0 Å². The van der Waals surface area contributed by atoms with E-state index in [9.17, 15) is 4.79 Å². The van der Waals surface area contributed by atoms with Crippen LogP contribution in [0.25, 0.3) is 11.2 Å². The summed E-state index contributed by atoms with van der Waals surface area (Å²) in [5, 5.41) is 3.37. The second-order valence-electron chi connectivity index (χ2n) is 6.09. The second-order valence-corrected chi connectivity index (χ2v) is 6.53. The Labute approximate surface area is 161 Å². The summed E-state index contributed by atoms with van der Waals surface area (Å²) in [6.45, 7) is 3.25. The van der Waals surface area contributed by atoms with Crippen LogP contribution in [0.15, 0.2) is 30.6 Å². The van der Waals surface area contributed by atoms with Gasteiger partial charge in [0.15, 0.2) is 11.5 Å². The number of aromatic nitrogens is 4. The Morgan fingerprint density at radius 2 is 2.04 bits per heavy atom. The van der Waals surface area contributed by atoms with Crippen molar-refractivity contribution in [2.24, 2.45) is 0 Å². The number of nitrogens with two attached hydrogens (primary N) is 1. The van der Waals surface area contributed by atoms with Crippen molar-refractivity contribution in [3.63, 3.8) is 0 Å². The number of hydrogen-bond acceptors (Lipinski definition) is 6. The van der Waals surface area contributed by atoms with Gasteiger partial charge in [-0.15, -0.1) is 0 Å². The molecule has 142 valence electrons. The molecule has 0 unspecified atom stereocenters. The van der Waals surface area contributed by atoms with E-state index < -0.39 is 6.09 Å². The van der Waals surface area contributed by atoms with Crippen LogP contribution in [0, 0.1) is 6.92 Å². The summed E-state index contributed by atoms with van der Waals surface area (Å²) in [5.41, 5.74) is 8.15. The van der Waals surface area contributed by atoms with Crippen molar-refractivity contribution in [3.05, 3.63) is 47.0 Å². The van der Waals surface area contributed by atoms with Crippen molar-refractivity contribution in [1.82, 2.24) is 24.8 Å². The first-order valence-electron chi connectivity index (χ1n) is 8.63. The molecule has 0 atom stereocenters. The smallest absolute Gasteiger partial charge is 0.407 e. The molecule has 0 aliphatic rings. The highest BCUT2D eigenvalue weighted by Gasteiger charge is 2.09. The number of imidazole rings is 1. The van der Waals surface area contributed by atoms with Crippen LogP contribution in [-0.2, 0) is 17.8 Å². The van der Waals surface area contributed by atoms with Crippen molar-refractivity contribution in [2.45, 2.75) is 32.9 Å². The van der Waals surface area contributed by atoms with Gasteiger partial charge in [0.05, 0.1) is 12.9 Å². The number of benzene rings is 1. The van der Waals surface area contributed by atoms with Gasteiger partial charge in [0.2, 0.25) is 0 Å². The number of alkyl carbamates (subject to hydrolysis) is 1. The van der Waals surface area contributed by atoms with Crippen molar-refractivity contribution >= 4 is 34.7 Å². The number of ether oxygens (including phenoxy) is 1. The maximum atomic E-state index is 11.7. The van der Waals surface area contributed by atoms with Gasteiger partial charge < -0.3 is 20.4 Å². The van der Waals surface area contributed by atoms with Crippen molar-refractivity contribution < 1.29 is 9.53 Å². The molecule has 0 aliphatic heterocycles. The van der Waals surface area contributed by atoms with E-state index in [1.165, 1.54) is 0 Å². The summed E-state index contributed by atoms with van der Waals surface area (Å²) in [6, 6.07) is 7.28. The number of nitrogens with one attached hydrogen (secondary N) is 1. The summed E-state index contributed by atoms with van der Waals surface area (Å²) >= 11 is 5.83. The maximum absolute atomic E-state index is 11.7. The number of amides is 1. The average Bonchev–Trinajstić information content (AvgIpc) is 3.04. The van der Waals surface area contributed by atoms with Crippen LogP contribution in [0.2, 0.25) is 5.02 Å². The lowest BCUT2D eigenvalue weighted by molar-refractivity contribution is 0.143. The molecule has 3 aromatic rings. The molecule has 0 bridgehead atoms. The van der Waals surface area contributed by atoms with E-state index in [1.807, 2.05) is 16.7 Å². The number of rotatable bonds is 7. The number of carbonyl (C=O) groups is 1. The first-order chi connectivity index (χ1) is 13.0. The number of hydrogen-bond donors (Lipinski definition) is 2. The fourth-order valence-electron chi connectivity index (χ4n) is 2.62. The Hall–Kier alpha value is -2.87. The highest BCUT2D eigenvalue weighted by atomic mass is 35.5. The lowest BCUT2D eigenvalue weighted by atomic mass is 10.2. The Kier molecular flexibility index (Phi) is 6.08. The van der Waals surface area contributed by atoms with Gasteiger partial charge in [-0.1, -0.05) is 23.7 Å². The highest BCUT2D eigenvalue weighted by molar-refractivity contribution is 6.30. The van der Waals surface area contributed by atoms with Crippen LogP contribution < -0.4 is 11.1 Å². The molecule has 0 saturated heterocycles. The summed E-state index contributed by atoms with van der Waals surface area (Å²) in [4.78, 5) is 24.5. The molecule has 0 saturated carbocycles. The SMILES string of the molecule is Cc1nc(N)c2ncn(CCCCOC(=O)NCc3ccc(Cl)cc3)c2n1. The molecule has 3 N–H and O–H groups in total. The minimum Gasteiger partial charge on any atom is -0.450 e. The van der Waals surface area contributed by atoms with E-state index in [2.05, 4.69) is 20.3 Å². The summed E-state index contributed by atoms with van der Waals surface area (Å²) in [7, 11) is 0. The van der Waals surface area contributed by atoms with Crippen LogP contribution in [0.3, 0.4) is 0 Å². The van der Waals surface area contributed by atoms with E-state index in [0.717, 1.165) is 24.1 Å². The van der Waals surface area contributed by atoms with E-state index in [-0.39, 0.29) is 0 Å². The Balaban J connectivity index is 1.38. The summed E-state index contributed by atoms with van der Waals surface area (Å²) < 4.78 is 7.12. The molecule has 1 aromatic carbocycles. The molecule has 9 heteroatoms. The second kappa shape index (κ2) is 8.68. The van der Waals surface area contributed by atoms with Gasteiger partial charge in [-0.2, -0.15) is 0 Å². The van der Waals surface area contributed by atoms with Gasteiger partial charge in [-0.25, -0.2) is 19.7 Å². The molecular formula is C18H21ClN6O2. The molecule has 27 heavy (non-hydrogen) atoms. The van der Waals surface area contributed by atoms with Crippen molar-refractivity contribution in [1.29, 1.82) is 0 Å². The third-order valence-electron chi connectivity index (χ3n) is 3.98. The number of nitrogen functional groups attached to an aromatic ring is 1. The lowest BCUT2D eigenvalue weighted by Gasteiger charge is -2.08. The monoisotopic (exact) mass is 388 g/mol. The number of fused-ring (bicyclic) bond motifs is 1. The number of unbranched alkanes of at least 4 members (excludes halogenated alkanes) is 1. The van der Waals surface area contributed by atoms with Crippen LogP contribution in [0.1, 0.15) is 24.2 Å². The van der Waals surface area contributed by atoms with Gasteiger partial charge in [0, 0.05) is 18.1 Å². The van der Waals surface area contributed by atoms with Gasteiger partial charge in [-0.3, -0.25) is 0 Å². The first kappa shape index (κ1) is 18.9. The Morgan fingerprint density at radius 1 is 1.26 bits per heavy atom. The minimum absolute atomic E-state index is 0.342. The zero-order chi connectivity index (χ0) is 19.2. The van der Waals surface area contributed by atoms with E-state index in [4.69, 9.17) is 22.1 Å². The molecule has 1 amide bonds. The Bertz CT molecular complexity index is 925. The fourth-order valence-corrected chi connectivity index (χ4v) is 2.75. The number of aryl methyl sites for hydroxylation is 2. The van der Waals surface area contributed by atoms with E-state index in [1.54, 1.807) is 25.4 Å². The summed E-state index contributed by atoms with van der Waals surface area (Å²) in [5.74, 6) is 0.999. The van der Waals surface area contributed by atoms with Gasteiger partial charge in [-0.05, 0) is 37.5 Å². The molecule has 0 aliphatic carbocycles. The van der Waals surface area contributed by atoms with Gasteiger partial charge in [0.1, 0.15) is 11.3 Å². The molecule has 8 nitrogen and oxygen atoms in total. The number of nitrogens with zero attached hydrogens (tertiary/aromatic N) is 4. The third-order valence-corrected chi connectivity index (χ3v) is 4.23. The average molecular weight is 389 g/mol. The van der Waals surface area contributed by atoms with Crippen LogP contribution >= 0.6 is 11.6 Å². The van der Waals surface area contributed by atoms with Crippen molar-refractivity contribution in [3.8, 4) is 0 Å². The molecule has 3 rings (SSSR count). The first-order valence-corrected chi connectivity index (χ1v) is 9.01. The van der Waals surface area contributed by atoms with Gasteiger partial charge in [0.25, 0.3) is 0 Å². The normalized spacial score (nSPS) is 10.9. The number of carbonyl (C=O) groups excluding carboxylic acids is 1. The van der Waals surface area contributed by atoms with Crippen LogP contribution in [0.4, 0.5) is 10.6 Å². The minimum atomic E-state index is -0.436. The molecule has 0 fully saturated rings. The quantitative estimate of drug-likeness (QED) is 0.602. The molecule has 0 radical (unpaired) electrons. The maximum Gasteiger partial charge on any atom is 0.407 e. The molecule has 2 aromatic heterocycles. The third kappa shape index (κ3) is 5.07. The molecule has 0 spiro atoms.